The summed E-state index contributed by atoms with van der Waals surface area (Å²) in [5.41, 5.74) is 1.54. The van der Waals surface area contributed by atoms with Gasteiger partial charge in [-0.25, -0.2) is 0 Å². The molecule has 1 heterocycles. The molecule has 0 unspecified atom stereocenters. The molecule has 0 aliphatic heterocycles. The summed E-state index contributed by atoms with van der Waals surface area (Å²) in [6.45, 7) is 0.449. The second kappa shape index (κ2) is 7.75. The van der Waals surface area contributed by atoms with Crippen molar-refractivity contribution in [2.24, 2.45) is 0 Å². The fraction of sp³-hybridized carbons (Fsp3) is 0.0526. The fourth-order valence-electron chi connectivity index (χ4n) is 2.12. The SMILES string of the molecule is O=C(NCc1ccc(Oc2cccc(Br)c2)cc1)c1cccnc1. The number of hydrogen-bond donors (Lipinski definition) is 1. The summed E-state index contributed by atoms with van der Waals surface area (Å²) < 4.78 is 6.75. The van der Waals surface area contributed by atoms with Gasteiger partial charge in [0, 0.05) is 23.4 Å². The number of carbonyl (C=O) groups is 1. The molecule has 0 saturated carbocycles. The minimum atomic E-state index is -0.141. The monoisotopic (exact) mass is 382 g/mol. The van der Waals surface area contributed by atoms with Gasteiger partial charge in [-0.15, -0.1) is 0 Å². The quantitative estimate of drug-likeness (QED) is 0.703. The molecule has 0 saturated heterocycles. The molecule has 24 heavy (non-hydrogen) atoms. The van der Waals surface area contributed by atoms with Crippen LogP contribution < -0.4 is 10.1 Å². The van der Waals surface area contributed by atoms with Gasteiger partial charge < -0.3 is 10.1 Å². The first-order chi connectivity index (χ1) is 11.7. The Morgan fingerprint density at radius 2 is 1.88 bits per heavy atom. The molecule has 0 radical (unpaired) electrons. The Bertz CT molecular complexity index is 820. The first-order valence-corrected chi connectivity index (χ1v) is 8.20. The van der Waals surface area contributed by atoms with E-state index in [0.717, 1.165) is 21.5 Å². The van der Waals surface area contributed by atoms with E-state index in [4.69, 9.17) is 4.74 Å². The lowest BCUT2D eigenvalue weighted by Gasteiger charge is -2.08. The molecule has 0 bridgehead atoms. The van der Waals surface area contributed by atoms with Gasteiger partial charge in [-0.05, 0) is 48.0 Å². The van der Waals surface area contributed by atoms with Gasteiger partial charge in [0.15, 0.2) is 0 Å². The Kier molecular flexibility index (Phi) is 5.23. The van der Waals surface area contributed by atoms with E-state index in [0.29, 0.717) is 12.1 Å². The summed E-state index contributed by atoms with van der Waals surface area (Å²) in [6.07, 6.45) is 3.19. The molecule has 0 spiro atoms. The van der Waals surface area contributed by atoms with E-state index in [1.54, 1.807) is 24.5 Å². The Hall–Kier alpha value is -2.66. The van der Waals surface area contributed by atoms with Gasteiger partial charge in [-0.2, -0.15) is 0 Å². The van der Waals surface area contributed by atoms with Crippen LogP contribution in [0.2, 0.25) is 0 Å². The van der Waals surface area contributed by atoms with Crippen LogP contribution >= 0.6 is 15.9 Å². The number of benzene rings is 2. The molecule has 0 aliphatic carbocycles. The number of nitrogens with one attached hydrogen (secondary N) is 1. The molecule has 4 nitrogen and oxygen atoms in total. The highest BCUT2D eigenvalue weighted by Crippen LogP contribution is 2.24. The molecule has 1 aromatic heterocycles. The standard InChI is InChI=1S/C19H15BrN2O2/c20-16-4-1-5-18(11-16)24-17-8-6-14(7-9-17)12-22-19(23)15-3-2-10-21-13-15/h1-11,13H,12H2,(H,22,23). The van der Waals surface area contributed by atoms with Crippen molar-refractivity contribution < 1.29 is 9.53 Å². The van der Waals surface area contributed by atoms with Crippen LogP contribution in [0.25, 0.3) is 0 Å². The average Bonchev–Trinajstić information content (AvgIpc) is 2.62. The first kappa shape index (κ1) is 16.2. The third kappa shape index (κ3) is 4.43. The van der Waals surface area contributed by atoms with Crippen molar-refractivity contribution in [1.82, 2.24) is 10.3 Å². The topological polar surface area (TPSA) is 51.2 Å². The van der Waals surface area contributed by atoms with Crippen molar-refractivity contribution in [1.29, 1.82) is 0 Å². The van der Waals surface area contributed by atoms with Gasteiger partial charge >= 0.3 is 0 Å². The highest BCUT2D eigenvalue weighted by Gasteiger charge is 2.05. The van der Waals surface area contributed by atoms with Crippen molar-refractivity contribution >= 4 is 21.8 Å². The molecule has 3 aromatic rings. The largest absolute Gasteiger partial charge is 0.457 e. The first-order valence-electron chi connectivity index (χ1n) is 7.41. The second-order valence-electron chi connectivity index (χ2n) is 5.13. The summed E-state index contributed by atoms with van der Waals surface area (Å²) in [6, 6.07) is 18.8. The summed E-state index contributed by atoms with van der Waals surface area (Å²) in [7, 11) is 0. The van der Waals surface area contributed by atoms with Gasteiger partial charge in [-0.3, -0.25) is 9.78 Å². The van der Waals surface area contributed by atoms with E-state index in [2.05, 4.69) is 26.2 Å². The van der Waals surface area contributed by atoms with Gasteiger partial charge in [0.1, 0.15) is 11.5 Å². The molecule has 2 aromatic carbocycles. The summed E-state index contributed by atoms with van der Waals surface area (Å²) in [4.78, 5) is 15.9. The van der Waals surface area contributed by atoms with Gasteiger partial charge in [0.05, 0.1) is 5.56 Å². The molecular formula is C19H15BrN2O2. The van der Waals surface area contributed by atoms with Crippen molar-refractivity contribution in [3.63, 3.8) is 0 Å². The Labute approximate surface area is 148 Å². The maximum atomic E-state index is 12.0. The van der Waals surface area contributed by atoms with Crippen LogP contribution in [0.4, 0.5) is 0 Å². The van der Waals surface area contributed by atoms with E-state index < -0.39 is 0 Å². The number of rotatable bonds is 5. The predicted molar refractivity (Wildman–Crippen MR) is 96.1 cm³/mol. The van der Waals surface area contributed by atoms with Crippen molar-refractivity contribution in [2.45, 2.75) is 6.54 Å². The molecule has 5 heteroatoms. The minimum Gasteiger partial charge on any atom is -0.457 e. The van der Waals surface area contributed by atoms with Crippen LogP contribution in [0.3, 0.4) is 0 Å². The zero-order valence-corrected chi connectivity index (χ0v) is 14.4. The molecule has 0 atom stereocenters. The van der Waals surface area contributed by atoms with Crippen LogP contribution in [-0.2, 0) is 6.54 Å². The lowest BCUT2D eigenvalue weighted by atomic mass is 10.2. The van der Waals surface area contributed by atoms with Crippen LogP contribution in [0.15, 0.2) is 77.5 Å². The summed E-state index contributed by atoms with van der Waals surface area (Å²) in [5.74, 6) is 1.37. The Balaban J connectivity index is 1.57. The maximum absolute atomic E-state index is 12.0. The number of aromatic nitrogens is 1. The molecule has 120 valence electrons. The highest BCUT2D eigenvalue weighted by atomic mass is 79.9. The van der Waals surface area contributed by atoms with Gasteiger partial charge in [0.25, 0.3) is 5.91 Å². The smallest absolute Gasteiger partial charge is 0.253 e. The molecule has 0 aliphatic rings. The molecule has 0 fully saturated rings. The lowest BCUT2D eigenvalue weighted by molar-refractivity contribution is 0.0950. The number of carbonyl (C=O) groups excluding carboxylic acids is 1. The van der Waals surface area contributed by atoms with E-state index in [1.165, 1.54) is 0 Å². The Morgan fingerprint density at radius 3 is 2.58 bits per heavy atom. The number of amides is 1. The van der Waals surface area contributed by atoms with Crippen molar-refractivity contribution in [3.05, 3.63) is 88.7 Å². The lowest BCUT2D eigenvalue weighted by Crippen LogP contribution is -2.22. The van der Waals surface area contributed by atoms with E-state index >= 15 is 0 Å². The number of halogens is 1. The minimum absolute atomic E-state index is 0.141. The average molecular weight is 383 g/mol. The summed E-state index contributed by atoms with van der Waals surface area (Å²) >= 11 is 3.42. The number of ether oxygens (including phenoxy) is 1. The third-order valence-corrected chi connectivity index (χ3v) is 3.83. The second-order valence-corrected chi connectivity index (χ2v) is 6.04. The van der Waals surface area contributed by atoms with Gasteiger partial charge in [0.2, 0.25) is 0 Å². The highest BCUT2D eigenvalue weighted by molar-refractivity contribution is 9.10. The number of pyridine rings is 1. The Morgan fingerprint density at radius 1 is 1.04 bits per heavy atom. The number of nitrogens with zero attached hydrogens (tertiary/aromatic N) is 1. The summed E-state index contributed by atoms with van der Waals surface area (Å²) in [5, 5.41) is 2.87. The maximum Gasteiger partial charge on any atom is 0.253 e. The number of hydrogen-bond acceptors (Lipinski definition) is 3. The van der Waals surface area contributed by atoms with Crippen molar-refractivity contribution in [3.8, 4) is 11.5 Å². The molecular weight excluding hydrogens is 368 g/mol. The van der Waals surface area contributed by atoms with Crippen LogP contribution in [0.1, 0.15) is 15.9 Å². The molecule has 1 N–H and O–H groups in total. The van der Waals surface area contributed by atoms with E-state index in [9.17, 15) is 4.79 Å². The predicted octanol–water partition coefficient (Wildman–Crippen LogP) is 4.57. The normalized spacial score (nSPS) is 10.2. The van der Waals surface area contributed by atoms with Gasteiger partial charge in [-0.1, -0.05) is 34.1 Å². The van der Waals surface area contributed by atoms with Crippen LogP contribution in [0.5, 0.6) is 11.5 Å². The fourth-order valence-corrected chi connectivity index (χ4v) is 2.50. The molecule has 1 amide bonds. The van der Waals surface area contributed by atoms with Crippen LogP contribution in [0, 0.1) is 0 Å². The van der Waals surface area contributed by atoms with Crippen molar-refractivity contribution in [2.75, 3.05) is 0 Å². The van der Waals surface area contributed by atoms with E-state index in [1.807, 2.05) is 48.5 Å². The molecule has 3 rings (SSSR count). The van der Waals surface area contributed by atoms with Crippen LogP contribution in [-0.4, -0.2) is 10.9 Å². The van der Waals surface area contributed by atoms with E-state index in [-0.39, 0.29) is 5.91 Å². The zero-order valence-electron chi connectivity index (χ0n) is 12.8. The third-order valence-electron chi connectivity index (χ3n) is 3.33. The zero-order chi connectivity index (χ0) is 16.8.